The number of para-hydroxylation sites is 1. The fourth-order valence-electron chi connectivity index (χ4n) is 1.91. The molecule has 0 spiro atoms. The number of amides is 1. The number of rotatable bonds is 5. The van der Waals surface area contributed by atoms with Crippen molar-refractivity contribution in [3.63, 3.8) is 0 Å². The van der Waals surface area contributed by atoms with Crippen LogP contribution in [0.15, 0.2) is 52.9 Å². The van der Waals surface area contributed by atoms with Crippen LogP contribution in [0.5, 0.6) is 0 Å². The van der Waals surface area contributed by atoms with Crippen LogP contribution in [0, 0.1) is 0 Å². The van der Waals surface area contributed by atoms with E-state index in [1.54, 1.807) is 30.3 Å². The third-order valence-corrected chi connectivity index (χ3v) is 6.19. The van der Waals surface area contributed by atoms with Gasteiger partial charge < -0.3 is 0 Å². The Labute approximate surface area is 163 Å². The molecule has 0 unspecified atom stereocenters. The highest BCUT2D eigenvalue weighted by Crippen LogP contribution is 2.25. The van der Waals surface area contributed by atoms with E-state index in [9.17, 15) is 13.2 Å². The van der Waals surface area contributed by atoms with Crippen molar-refractivity contribution in [3.05, 3.63) is 64.1 Å². The largest absolute Gasteiger partial charge is 0.296 e. The minimum absolute atomic E-state index is 0.0226. The van der Waals surface area contributed by atoms with Gasteiger partial charge in [-0.3, -0.25) is 14.8 Å². The number of nitrogens with zero attached hydrogens (tertiary/aromatic N) is 2. The number of aromatic nitrogens is 2. The van der Waals surface area contributed by atoms with Gasteiger partial charge in [-0.15, -0.1) is 10.2 Å². The van der Waals surface area contributed by atoms with Gasteiger partial charge >= 0.3 is 0 Å². The molecule has 134 valence electrons. The van der Waals surface area contributed by atoms with E-state index in [4.69, 9.17) is 23.2 Å². The molecule has 11 heteroatoms. The highest BCUT2D eigenvalue weighted by molar-refractivity contribution is 7.94. The quantitative estimate of drug-likeness (QED) is 0.600. The summed E-state index contributed by atoms with van der Waals surface area (Å²) in [6, 6.07) is 12.8. The molecule has 0 saturated carbocycles. The molecule has 26 heavy (non-hydrogen) atoms. The molecule has 0 aliphatic heterocycles. The summed E-state index contributed by atoms with van der Waals surface area (Å²) in [5.74, 6) is -0.553. The van der Waals surface area contributed by atoms with Crippen LogP contribution in [0.25, 0.3) is 0 Å². The molecule has 1 amide bonds. The van der Waals surface area contributed by atoms with Crippen LogP contribution in [-0.4, -0.2) is 24.5 Å². The Morgan fingerprint density at radius 3 is 2.46 bits per heavy atom. The molecular formula is C15H10Cl2N4O3S2. The Hall–Kier alpha value is -2.20. The second-order valence-corrected chi connectivity index (χ2v) is 8.60. The molecule has 1 aromatic heterocycles. The van der Waals surface area contributed by atoms with Gasteiger partial charge in [0.1, 0.15) is 0 Å². The fraction of sp³-hybridized carbons (Fsp3) is 0. The van der Waals surface area contributed by atoms with Crippen LogP contribution in [0.3, 0.4) is 0 Å². The topological polar surface area (TPSA) is 101 Å². The lowest BCUT2D eigenvalue weighted by Crippen LogP contribution is -2.12. The van der Waals surface area contributed by atoms with Crippen molar-refractivity contribution in [2.45, 2.75) is 4.34 Å². The van der Waals surface area contributed by atoms with Crippen molar-refractivity contribution < 1.29 is 13.2 Å². The summed E-state index contributed by atoms with van der Waals surface area (Å²) >= 11 is 12.5. The average Bonchev–Trinajstić information content (AvgIpc) is 3.04. The zero-order chi connectivity index (χ0) is 18.7. The molecule has 1 heterocycles. The normalized spacial score (nSPS) is 11.2. The van der Waals surface area contributed by atoms with E-state index < -0.39 is 15.9 Å². The molecule has 0 saturated heterocycles. The van der Waals surface area contributed by atoms with Gasteiger partial charge in [0.05, 0.1) is 10.6 Å². The lowest BCUT2D eigenvalue weighted by Gasteiger charge is -2.04. The van der Waals surface area contributed by atoms with Gasteiger partial charge in [0.15, 0.2) is 0 Å². The van der Waals surface area contributed by atoms with E-state index in [2.05, 4.69) is 20.2 Å². The molecule has 0 aliphatic rings. The monoisotopic (exact) mass is 428 g/mol. The number of nitrogens with one attached hydrogen (secondary N) is 2. The lowest BCUT2D eigenvalue weighted by atomic mass is 10.2. The summed E-state index contributed by atoms with van der Waals surface area (Å²) < 4.78 is 26.7. The zero-order valence-electron chi connectivity index (χ0n) is 12.8. The Bertz CT molecular complexity index is 1060. The first-order valence-corrected chi connectivity index (χ1v) is 10.1. The third kappa shape index (κ3) is 4.31. The second-order valence-electron chi connectivity index (χ2n) is 4.92. The number of halogens is 2. The van der Waals surface area contributed by atoms with Crippen LogP contribution in [0.2, 0.25) is 10.0 Å². The standard InChI is InChI=1S/C15H10Cl2N4O3S2/c16-9-6-7-11(12(17)8-9)13(22)18-14-19-20-15(25-14)26(23,24)21-10-4-2-1-3-5-10/h1-8,21H,(H,18,19,22). The Kier molecular flexibility index (Phi) is 5.42. The summed E-state index contributed by atoms with van der Waals surface area (Å²) in [5.41, 5.74) is 0.569. The van der Waals surface area contributed by atoms with Crippen LogP contribution >= 0.6 is 34.5 Å². The van der Waals surface area contributed by atoms with Gasteiger partial charge in [0, 0.05) is 10.7 Å². The van der Waals surface area contributed by atoms with Gasteiger partial charge in [-0.1, -0.05) is 52.7 Å². The first-order chi connectivity index (χ1) is 12.3. The number of benzene rings is 2. The lowest BCUT2D eigenvalue weighted by molar-refractivity contribution is 0.102. The van der Waals surface area contributed by atoms with E-state index >= 15 is 0 Å². The molecule has 0 radical (unpaired) electrons. The molecule has 3 rings (SSSR count). The van der Waals surface area contributed by atoms with Gasteiger partial charge in [-0.25, -0.2) is 0 Å². The first kappa shape index (κ1) is 18.6. The molecule has 2 N–H and O–H groups in total. The van der Waals surface area contributed by atoms with E-state index in [0.717, 1.165) is 11.3 Å². The highest BCUT2D eigenvalue weighted by atomic mass is 35.5. The molecule has 0 aliphatic carbocycles. The minimum atomic E-state index is -3.91. The van der Waals surface area contributed by atoms with Crippen LogP contribution in [0.1, 0.15) is 10.4 Å². The molecule has 3 aromatic rings. The summed E-state index contributed by atoms with van der Waals surface area (Å²) in [7, 11) is -3.91. The van der Waals surface area contributed by atoms with Crippen molar-refractivity contribution in [1.82, 2.24) is 10.2 Å². The molecule has 0 bridgehead atoms. The van der Waals surface area contributed by atoms with E-state index in [-0.39, 0.29) is 20.1 Å². The summed E-state index contributed by atoms with van der Waals surface area (Å²) in [5, 5.41) is 10.3. The van der Waals surface area contributed by atoms with Gasteiger partial charge in [0.2, 0.25) is 5.13 Å². The van der Waals surface area contributed by atoms with Crippen molar-refractivity contribution in [2.75, 3.05) is 10.0 Å². The zero-order valence-corrected chi connectivity index (χ0v) is 16.0. The molecule has 0 fully saturated rings. The minimum Gasteiger partial charge on any atom is -0.296 e. The Morgan fingerprint density at radius 1 is 1.04 bits per heavy atom. The highest BCUT2D eigenvalue weighted by Gasteiger charge is 2.21. The number of sulfonamides is 1. The Morgan fingerprint density at radius 2 is 1.77 bits per heavy atom. The van der Waals surface area contributed by atoms with E-state index in [1.807, 2.05) is 0 Å². The number of carbonyl (C=O) groups excluding carboxylic acids is 1. The SMILES string of the molecule is O=C(Nc1nnc(S(=O)(=O)Nc2ccccc2)s1)c1ccc(Cl)cc1Cl. The summed E-state index contributed by atoms with van der Waals surface area (Å²) in [6.45, 7) is 0. The maximum absolute atomic E-state index is 12.3. The smallest absolute Gasteiger partial charge is 0.291 e. The van der Waals surface area contributed by atoms with Crippen molar-refractivity contribution in [3.8, 4) is 0 Å². The molecule has 0 atom stereocenters. The third-order valence-electron chi connectivity index (χ3n) is 3.06. The van der Waals surface area contributed by atoms with Crippen molar-refractivity contribution in [2.24, 2.45) is 0 Å². The number of hydrogen-bond acceptors (Lipinski definition) is 6. The van der Waals surface area contributed by atoms with Gasteiger partial charge in [-0.05, 0) is 30.3 Å². The number of carbonyl (C=O) groups is 1. The van der Waals surface area contributed by atoms with Gasteiger partial charge in [-0.2, -0.15) is 8.42 Å². The van der Waals surface area contributed by atoms with Crippen LogP contribution < -0.4 is 10.0 Å². The maximum Gasteiger partial charge on any atom is 0.291 e. The fourth-order valence-corrected chi connectivity index (χ4v) is 4.36. The Balaban J connectivity index is 1.76. The summed E-state index contributed by atoms with van der Waals surface area (Å²) in [4.78, 5) is 12.2. The maximum atomic E-state index is 12.3. The predicted octanol–water partition coefficient (Wildman–Crippen LogP) is 3.90. The van der Waals surface area contributed by atoms with Crippen molar-refractivity contribution in [1.29, 1.82) is 0 Å². The molecule has 2 aromatic carbocycles. The molecule has 7 nitrogen and oxygen atoms in total. The summed E-state index contributed by atoms with van der Waals surface area (Å²) in [6.07, 6.45) is 0. The van der Waals surface area contributed by atoms with E-state index in [0.29, 0.717) is 10.7 Å². The van der Waals surface area contributed by atoms with Crippen LogP contribution in [0.4, 0.5) is 10.8 Å². The van der Waals surface area contributed by atoms with Crippen LogP contribution in [-0.2, 0) is 10.0 Å². The average molecular weight is 429 g/mol. The number of hydrogen-bond donors (Lipinski definition) is 2. The van der Waals surface area contributed by atoms with E-state index in [1.165, 1.54) is 18.2 Å². The van der Waals surface area contributed by atoms with Gasteiger partial charge in [0.25, 0.3) is 20.3 Å². The number of anilines is 2. The first-order valence-electron chi connectivity index (χ1n) is 7.03. The second kappa shape index (κ2) is 7.58. The van der Waals surface area contributed by atoms with Crippen molar-refractivity contribution >= 4 is 61.3 Å². The predicted molar refractivity (Wildman–Crippen MR) is 102 cm³/mol. The molecular weight excluding hydrogens is 419 g/mol.